The highest BCUT2D eigenvalue weighted by molar-refractivity contribution is 6.35. The molecule has 0 spiro atoms. The van der Waals surface area contributed by atoms with Crippen LogP contribution >= 0.6 is 0 Å². The number of hydrogen-bond acceptors (Lipinski definition) is 2. The number of rotatable bonds is 2. The molecule has 0 aromatic carbocycles. The summed E-state index contributed by atoms with van der Waals surface area (Å²) >= 11 is 0. The van der Waals surface area contributed by atoms with E-state index < -0.39 is 0 Å². The molecule has 10 heavy (non-hydrogen) atoms. The minimum atomic E-state index is -0.380. The normalized spacial score (nSPS) is 7.60. The van der Waals surface area contributed by atoms with Gasteiger partial charge >= 0.3 is 0 Å². The molecule has 60 valence electrons. The van der Waals surface area contributed by atoms with Crippen molar-refractivity contribution in [3.63, 3.8) is 0 Å². The van der Waals surface area contributed by atoms with Gasteiger partial charge < -0.3 is 0 Å². The van der Waals surface area contributed by atoms with E-state index in [4.69, 9.17) is 0 Å². The van der Waals surface area contributed by atoms with Crippen LogP contribution in [0.3, 0.4) is 0 Å². The zero-order chi connectivity index (χ0) is 8.57. The molecule has 0 N–H and O–H groups in total. The molecule has 0 aromatic rings. The molecule has 0 aliphatic carbocycles. The minimum absolute atomic E-state index is 0.380. The van der Waals surface area contributed by atoms with Crippen molar-refractivity contribution in [3.8, 4) is 0 Å². The van der Waals surface area contributed by atoms with Gasteiger partial charge in [0, 0.05) is 13.8 Å². The van der Waals surface area contributed by atoms with Crippen LogP contribution in [0.2, 0.25) is 0 Å². The third kappa shape index (κ3) is 15.7. The molecule has 0 fully saturated rings. The fourth-order valence-corrected chi connectivity index (χ4v) is 0. The highest BCUT2D eigenvalue weighted by Crippen LogP contribution is 1.76. The summed E-state index contributed by atoms with van der Waals surface area (Å²) < 4.78 is 0. The Morgan fingerprint density at radius 3 is 1.10 bits per heavy atom. The molecule has 0 radical (unpaired) electrons. The van der Waals surface area contributed by atoms with Gasteiger partial charge in [-0.05, 0) is 0 Å². The van der Waals surface area contributed by atoms with Gasteiger partial charge in [0.1, 0.15) is 0 Å². The summed E-state index contributed by atoms with van der Waals surface area (Å²) in [5.74, 6) is -0.759. The van der Waals surface area contributed by atoms with Crippen molar-refractivity contribution in [2.75, 3.05) is 0 Å². The summed E-state index contributed by atoms with van der Waals surface area (Å²) in [6, 6.07) is 0. The van der Waals surface area contributed by atoms with Gasteiger partial charge in [-0.3, -0.25) is 9.59 Å². The lowest BCUT2D eigenvalue weighted by Gasteiger charge is -1.73. The van der Waals surface area contributed by atoms with E-state index in [1.54, 1.807) is 0 Å². The lowest BCUT2D eigenvalue weighted by Crippen LogP contribution is -2.01. The van der Waals surface area contributed by atoms with Gasteiger partial charge in [-0.25, -0.2) is 0 Å². The maximum Gasteiger partial charge on any atom is 0.195 e. The molecular weight excluding hydrogens is 128 g/mol. The molecule has 0 aliphatic heterocycles. The van der Waals surface area contributed by atoms with Gasteiger partial charge in [0.2, 0.25) is 0 Å². The standard InChI is InChI=1S/C4H6O2.C4H10/c1-3(5)4(2)6;1-3-4-2/h1-2H3;3-4H2,1-2H3. The molecule has 0 unspecified atom stereocenters. The third-order valence-electron chi connectivity index (χ3n) is 0.996. The van der Waals surface area contributed by atoms with Crippen molar-refractivity contribution in [1.82, 2.24) is 0 Å². The first kappa shape index (κ1) is 12.1. The topological polar surface area (TPSA) is 34.1 Å². The van der Waals surface area contributed by atoms with Crippen LogP contribution in [0.25, 0.3) is 0 Å². The Hall–Kier alpha value is -0.660. The zero-order valence-electron chi connectivity index (χ0n) is 7.23. The largest absolute Gasteiger partial charge is 0.291 e. The summed E-state index contributed by atoms with van der Waals surface area (Å²) in [5, 5.41) is 0. The predicted molar refractivity (Wildman–Crippen MR) is 41.9 cm³/mol. The molecule has 0 bridgehead atoms. The first-order valence-electron chi connectivity index (χ1n) is 3.57. The number of Topliss-reactive ketones (excluding diaryl/α,β-unsaturated/α-hetero) is 2. The van der Waals surface area contributed by atoms with Gasteiger partial charge in [-0.1, -0.05) is 26.7 Å². The van der Waals surface area contributed by atoms with E-state index in [0.29, 0.717) is 0 Å². The van der Waals surface area contributed by atoms with E-state index in [1.807, 2.05) is 0 Å². The Labute approximate surface area is 62.6 Å². The molecule has 2 heteroatoms. The zero-order valence-corrected chi connectivity index (χ0v) is 7.23. The molecule has 0 saturated carbocycles. The number of hydrogen-bond donors (Lipinski definition) is 0. The van der Waals surface area contributed by atoms with Crippen LogP contribution in [-0.2, 0) is 9.59 Å². The second-order valence-electron chi connectivity index (χ2n) is 2.11. The first-order valence-corrected chi connectivity index (χ1v) is 3.57. The number of carbonyl (C=O) groups is 2. The molecule has 0 rings (SSSR count). The molecule has 0 aliphatic rings. The van der Waals surface area contributed by atoms with Crippen LogP contribution in [0.1, 0.15) is 40.5 Å². The van der Waals surface area contributed by atoms with E-state index >= 15 is 0 Å². The Morgan fingerprint density at radius 2 is 1.10 bits per heavy atom. The summed E-state index contributed by atoms with van der Waals surface area (Å²) in [4.78, 5) is 19.6. The summed E-state index contributed by atoms with van der Waals surface area (Å²) in [6.45, 7) is 6.87. The quantitative estimate of drug-likeness (QED) is 0.555. The fraction of sp³-hybridized carbons (Fsp3) is 0.750. The van der Waals surface area contributed by atoms with Gasteiger partial charge in [-0.2, -0.15) is 0 Å². The van der Waals surface area contributed by atoms with Gasteiger partial charge in [0.15, 0.2) is 11.6 Å². The molecule has 0 aromatic heterocycles. The Balaban J connectivity index is 0. The monoisotopic (exact) mass is 144 g/mol. The lowest BCUT2D eigenvalue weighted by atomic mass is 10.3. The Bertz CT molecular complexity index is 91.8. The van der Waals surface area contributed by atoms with Crippen LogP contribution in [0.15, 0.2) is 0 Å². The fourth-order valence-electron chi connectivity index (χ4n) is 0. The minimum Gasteiger partial charge on any atom is -0.291 e. The van der Waals surface area contributed by atoms with Gasteiger partial charge in [0.25, 0.3) is 0 Å². The number of unbranched alkanes of at least 4 members (excludes halogenated alkanes) is 1. The first-order chi connectivity index (χ1) is 4.56. The summed E-state index contributed by atoms with van der Waals surface area (Å²) in [5.41, 5.74) is 0. The Kier molecular flexibility index (Phi) is 10.1. The molecule has 0 amide bonds. The lowest BCUT2D eigenvalue weighted by molar-refractivity contribution is -0.134. The Morgan fingerprint density at radius 1 is 0.900 bits per heavy atom. The van der Waals surface area contributed by atoms with Crippen LogP contribution in [0.4, 0.5) is 0 Å². The average Bonchev–Trinajstić information content (AvgIpc) is 1.89. The van der Waals surface area contributed by atoms with Crippen molar-refractivity contribution >= 4 is 11.6 Å². The van der Waals surface area contributed by atoms with Gasteiger partial charge in [0.05, 0.1) is 0 Å². The van der Waals surface area contributed by atoms with E-state index in [2.05, 4.69) is 13.8 Å². The molecule has 2 nitrogen and oxygen atoms in total. The number of ketones is 2. The van der Waals surface area contributed by atoms with Crippen LogP contribution < -0.4 is 0 Å². The summed E-state index contributed by atoms with van der Waals surface area (Å²) in [7, 11) is 0. The smallest absolute Gasteiger partial charge is 0.195 e. The summed E-state index contributed by atoms with van der Waals surface area (Å²) in [6.07, 6.45) is 2.64. The molecule has 0 atom stereocenters. The van der Waals surface area contributed by atoms with Crippen LogP contribution in [0, 0.1) is 0 Å². The van der Waals surface area contributed by atoms with E-state index in [0.717, 1.165) is 0 Å². The van der Waals surface area contributed by atoms with Gasteiger partial charge in [-0.15, -0.1) is 0 Å². The molecule has 0 saturated heterocycles. The second kappa shape index (κ2) is 8.34. The third-order valence-corrected chi connectivity index (χ3v) is 0.996. The predicted octanol–water partition coefficient (Wildman–Crippen LogP) is 1.97. The maximum absolute atomic E-state index is 9.79. The van der Waals surface area contributed by atoms with E-state index in [9.17, 15) is 9.59 Å². The van der Waals surface area contributed by atoms with Crippen molar-refractivity contribution < 1.29 is 9.59 Å². The van der Waals surface area contributed by atoms with Crippen molar-refractivity contribution in [1.29, 1.82) is 0 Å². The van der Waals surface area contributed by atoms with E-state index in [1.165, 1.54) is 26.7 Å². The number of carbonyl (C=O) groups excluding carboxylic acids is 2. The van der Waals surface area contributed by atoms with Crippen molar-refractivity contribution in [2.45, 2.75) is 40.5 Å². The highest BCUT2D eigenvalue weighted by atomic mass is 16.2. The second-order valence-corrected chi connectivity index (χ2v) is 2.11. The maximum atomic E-state index is 9.79. The average molecular weight is 144 g/mol. The highest BCUT2D eigenvalue weighted by Gasteiger charge is 1.94. The molecular formula is C8H16O2. The SMILES string of the molecule is CC(=O)C(C)=O.CCCC. The van der Waals surface area contributed by atoms with Crippen molar-refractivity contribution in [2.24, 2.45) is 0 Å². The van der Waals surface area contributed by atoms with Crippen LogP contribution in [-0.4, -0.2) is 11.6 Å². The van der Waals surface area contributed by atoms with Crippen molar-refractivity contribution in [3.05, 3.63) is 0 Å². The molecule has 0 heterocycles. The van der Waals surface area contributed by atoms with Crippen LogP contribution in [0.5, 0.6) is 0 Å². The van der Waals surface area contributed by atoms with E-state index in [-0.39, 0.29) is 11.6 Å².